The van der Waals surface area contributed by atoms with E-state index in [9.17, 15) is 9.59 Å². The van der Waals surface area contributed by atoms with Crippen LogP contribution in [0.5, 0.6) is 0 Å². The molecule has 1 fully saturated rings. The van der Waals surface area contributed by atoms with E-state index in [4.69, 9.17) is 4.74 Å². The van der Waals surface area contributed by atoms with E-state index >= 15 is 0 Å². The van der Waals surface area contributed by atoms with Crippen LogP contribution < -0.4 is 10.5 Å². The van der Waals surface area contributed by atoms with Gasteiger partial charge in [-0.15, -0.1) is 0 Å². The Morgan fingerprint density at radius 2 is 2.08 bits per heavy atom. The molecule has 1 aromatic heterocycles. The van der Waals surface area contributed by atoms with Gasteiger partial charge in [-0.25, -0.2) is 9.78 Å². The number of hydrogen-bond acceptors (Lipinski definition) is 4. The van der Waals surface area contributed by atoms with Gasteiger partial charge in [-0.3, -0.25) is 9.69 Å². The van der Waals surface area contributed by atoms with Crippen LogP contribution in [0, 0.1) is 0 Å². The molecule has 1 atom stereocenters. The van der Waals surface area contributed by atoms with Crippen molar-refractivity contribution in [1.29, 1.82) is 0 Å². The minimum Gasteiger partial charge on any atom is -0.450 e. The summed E-state index contributed by atoms with van der Waals surface area (Å²) in [4.78, 5) is 34.6. The Balaban J connectivity index is 1.73. The number of aromatic nitrogens is 2. The lowest BCUT2D eigenvalue weighted by molar-refractivity contribution is -0.934. The fourth-order valence-corrected chi connectivity index (χ4v) is 3.13. The van der Waals surface area contributed by atoms with Crippen molar-refractivity contribution in [2.24, 2.45) is 0 Å². The lowest BCUT2D eigenvalue weighted by atomic mass is 10.2. The van der Waals surface area contributed by atoms with E-state index in [-0.39, 0.29) is 17.7 Å². The maximum absolute atomic E-state index is 12.2. The Labute approximate surface area is 140 Å². The van der Waals surface area contributed by atoms with Gasteiger partial charge in [0.2, 0.25) is 0 Å². The highest BCUT2D eigenvalue weighted by Gasteiger charge is 2.29. The van der Waals surface area contributed by atoms with Gasteiger partial charge in [-0.2, -0.15) is 0 Å². The van der Waals surface area contributed by atoms with E-state index in [0.717, 1.165) is 13.1 Å². The number of fused-ring (bicyclic) bond motifs is 1. The van der Waals surface area contributed by atoms with E-state index in [1.165, 1.54) is 4.90 Å². The van der Waals surface area contributed by atoms with Crippen LogP contribution in [0.4, 0.5) is 4.79 Å². The lowest BCUT2D eigenvalue weighted by Crippen LogP contribution is -3.14. The molecular weight excluding hydrogens is 308 g/mol. The highest BCUT2D eigenvalue weighted by Crippen LogP contribution is 2.09. The molecule has 1 saturated heterocycles. The number of carbonyl (C=O) groups is 1. The van der Waals surface area contributed by atoms with Crippen LogP contribution in [-0.4, -0.2) is 53.7 Å². The number of piperazine rings is 1. The number of hydrogen-bond donors (Lipinski definition) is 2. The molecule has 3 rings (SSSR count). The molecule has 1 aliphatic heterocycles. The van der Waals surface area contributed by atoms with Crippen LogP contribution in [0.3, 0.4) is 0 Å². The monoisotopic (exact) mass is 331 g/mol. The van der Waals surface area contributed by atoms with Gasteiger partial charge in [0, 0.05) is 0 Å². The summed E-state index contributed by atoms with van der Waals surface area (Å²) in [6.07, 6.45) is -0.249. The zero-order valence-corrected chi connectivity index (χ0v) is 14.0. The SMILES string of the molecule is CCOC(=O)N1CC[NH+]([C@@H](C)c2nc3ccccc3c(=O)[nH]2)CC1. The molecule has 2 heterocycles. The summed E-state index contributed by atoms with van der Waals surface area (Å²) >= 11 is 0. The summed E-state index contributed by atoms with van der Waals surface area (Å²) in [6.45, 7) is 7.16. The zero-order valence-electron chi connectivity index (χ0n) is 14.0. The number of benzene rings is 1. The highest BCUT2D eigenvalue weighted by molar-refractivity contribution is 5.77. The van der Waals surface area contributed by atoms with Crippen molar-refractivity contribution < 1.29 is 14.4 Å². The Morgan fingerprint density at radius 3 is 2.79 bits per heavy atom. The van der Waals surface area contributed by atoms with Crippen molar-refractivity contribution in [3.8, 4) is 0 Å². The molecule has 24 heavy (non-hydrogen) atoms. The molecule has 7 nitrogen and oxygen atoms in total. The maximum Gasteiger partial charge on any atom is 0.410 e. The topological polar surface area (TPSA) is 79.7 Å². The molecule has 0 radical (unpaired) electrons. The van der Waals surface area contributed by atoms with Gasteiger partial charge in [0.05, 0.1) is 43.7 Å². The third kappa shape index (κ3) is 3.26. The number of H-pyrrole nitrogens is 1. The minimum atomic E-state index is -0.249. The van der Waals surface area contributed by atoms with E-state index in [0.29, 0.717) is 36.4 Å². The molecule has 0 unspecified atom stereocenters. The van der Waals surface area contributed by atoms with Crippen molar-refractivity contribution in [1.82, 2.24) is 14.9 Å². The van der Waals surface area contributed by atoms with Gasteiger partial charge in [0.25, 0.3) is 5.56 Å². The highest BCUT2D eigenvalue weighted by atomic mass is 16.6. The second-order valence-electron chi connectivity index (χ2n) is 6.03. The van der Waals surface area contributed by atoms with Gasteiger partial charge < -0.3 is 14.6 Å². The van der Waals surface area contributed by atoms with Crippen LogP contribution in [0.15, 0.2) is 29.1 Å². The smallest absolute Gasteiger partial charge is 0.410 e. The predicted molar refractivity (Wildman–Crippen MR) is 90.1 cm³/mol. The second-order valence-corrected chi connectivity index (χ2v) is 6.03. The van der Waals surface area contributed by atoms with Crippen molar-refractivity contribution >= 4 is 17.0 Å². The summed E-state index contributed by atoms with van der Waals surface area (Å²) in [5.74, 6) is 0.693. The third-order valence-corrected chi connectivity index (χ3v) is 4.59. The third-order valence-electron chi connectivity index (χ3n) is 4.59. The molecule has 0 saturated carbocycles. The first-order chi connectivity index (χ1) is 11.6. The fraction of sp³-hybridized carbons (Fsp3) is 0.471. The van der Waals surface area contributed by atoms with Crippen LogP contribution >= 0.6 is 0 Å². The number of amides is 1. The van der Waals surface area contributed by atoms with Gasteiger partial charge in [0.15, 0.2) is 5.82 Å². The molecular formula is C17H23N4O3+. The van der Waals surface area contributed by atoms with Gasteiger partial charge in [-0.05, 0) is 26.0 Å². The molecule has 0 bridgehead atoms. The average Bonchev–Trinajstić information content (AvgIpc) is 2.61. The number of para-hydroxylation sites is 1. The number of ether oxygens (including phenoxy) is 1. The first-order valence-electron chi connectivity index (χ1n) is 8.35. The molecule has 1 amide bonds. The number of rotatable bonds is 3. The van der Waals surface area contributed by atoms with E-state index in [2.05, 4.69) is 16.9 Å². The zero-order chi connectivity index (χ0) is 17.1. The van der Waals surface area contributed by atoms with Crippen LogP contribution in [-0.2, 0) is 4.74 Å². The van der Waals surface area contributed by atoms with Gasteiger partial charge in [-0.1, -0.05) is 12.1 Å². The molecule has 128 valence electrons. The number of quaternary nitrogens is 1. The number of aromatic amines is 1. The molecule has 0 aliphatic carbocycles. The Bertz CT molecular complexity index is 781. The van der Waals surface area contributed by atoms with Crippen LogP contribution in [0.2, 0.25) is 0 Å². The summed E-state index contributed by atoms with van der Waals surface area (Å²) in [5.41, 5.74) is 0.611. The van der Waals surface area contributed by atoms with Crippen LogP contribution in [0.1, 0.15) is 25.7 Å². The summed E-state index contributed by atoms with van der Waals surface area (Å²) in [5, 5.41) is 0.607. The summed E-state index contributed by atoms with van der Waals surface area (Å²) < 4.78 is 5.04. The Hall–Kier alpha value is -2.41. The van der Waals surface area contributed by atoms with Crippen molar-refractivity contribution in [2.75, 3.05) is 32.8 Å². The molecule has 1 aromatic carbocycles. The van der Waals surface area contributed by atoms with Gasteiger partial charge in [0.1, 0.15) is 6.04 Å². The maximum atomic E-state index is 12.2. The number of nitrogens with zero attached hydrogens (tertiary/aromatic N) is 2. The van der Waals surface area contributed by atoms with Gasteiger partial charge >= 0.3 is 6.09 Å². The molecule has 0 spiro atoms. The molecule has 7 heteroatoms. The normalized spacial score (nSPS) is 17.0. The van der Waals surface area contributed by atoms with E-state index in [1.807, 2.05) is 25.1 Å². The molecule has 2 aromatic rings. The van der Waals surface area contributed by atoms with Crippen molar-refractivity contribution in [3.05, 3.63) is 40.4 Å². The first-order valence-corrected chi connectivity index (χ1v) is 8.35. The number of nitrogens with one attached hydrogen (secondary N) is 2. The number of carbonyl (C=O) groups excluding carboxylic acids is 1. The van der Waals surface area contributed by atoms with Crippen LogP contribution in [0.25, 0.3) is 10.9 Å². The fourth-order valence-electron chi connectivity index (χ4n) is 3.13. The second kappa shape index (κ2) is 7.00. The summed E-state index contributed by atoms with van der Waals surface area (Å²) in [7, 11) is 0. The summed E-state index contributed by atoms with van der Waals surface area (Å²) in [6, 6.07) is 7.41. The van der Waals surface area contributed by atoms with E-state index in [1.54, 1.807) is 11.0 Å². The predicted octanol–water partition coefficient (Wildman–Crippen LogP) is 0.341. The Morgan fingerprint density at radius 1 is 1.38 bits per heavy atom. The van der Waals surface area contributed by atoms with Crippen molar-refractivity contribution in [3.63, 3.8) is 0 Å². The van der Waals surface area contributed by atoms with E-state index < -0.39 is 0 Å². The Kier molecular flexibility index (Phi) is 4.80. The first kappa shape index (κ1) is 16.4. The lowest BCUT2D eigenvalue weighted by Gasteiger charge is -2.34. The largest absolute Gasteiger partial charge is 0.450 e. The molecule has 2 N–H and O–H groups in total. The standard InChI is InChI=1S/C17H22N4O3/c1-3-24-17(23)21-10-8-20(9-11-21)12(2)15-18-14-7-5-4-6-13(14)16(22)19-15/h4-7,12H,3,8-11H2,1-2H3,(H,18,19,22)/p+1/t12-/m0/s1. The minimum absolute atomic E-state index is 0.0617. The quantitative estimate of drug-likeness (QED) is 0.850. The van der Waals surface area contributed by atoms with Crippen molar-refractivity contribution in [2.45, 2.75) is 19.9 Å². The average molecular weight is 331 g/mol. The molecule has 1 aliphatic rings.